The molecule has 0 bridgehead atoms. The number of nitrogens with zero attached hydrogens (tertiary/aromatic N) is 5. The van der Waals surface area contributed by atoms with Gasteiger partial charge in [-0.3, -0.25) is 9.69 Å². The lowest BCUT2D eigenvalue weighted by Crippen LogP contribution is -2.51. The predicted molar refractivity (Wildman–Crippen MR) is 133 cm³/mol. The fraction of sp³-hybridized carbons (Fsp3) is 0.296. The first kappa shape index (κ1) is 22.8. The molecule has 1 aromatic heterocycles. The van der Waals surface area contributed by atoms with Gasteiger partial charge in [0, 0.05) is 19.3 Å². The van der Waals surface area contributed by atoms with Gasteiger partial charge in [-0.15, -0.1) is 0 Å². The van der Waals surface area contributed by atoms with Gasteiger partial charge < -0.3 is 14.2 Å². The van der Waals surface area contributed by atoms with Crippen molar-refractivity contribution in [1.82, 2.24) is 19.4 Å². The minimum Gasteiger partial charge on any atom is -0.495 e. The summed E-state index contributed by atoms with van der Waals surface area (Å²) in [6.07, 6.45) is 7.18. The van der Waals surface area contributed by atoms with E-state index in [2.05, 4.69) is 16.8 Å². The van der Waals surface area contributed by atoms with Crippen molar-refractivity contribution in [1.29, 1.82) is 0 Å². The number of carbonyl (C=O) groups excluding carboxylic acids is 1. The zero-order valence-corrected chi connectivity index (χ0v) is 20.1. The lowest BCUT2D eigenvalue weighted by atomic mass is 9.99. The number of guanidine groups is 1. The van der Waals surface area contributed by atoms with Crippen molar-refractivity contribution in [3.8, 4) is 11.4 Å². The molecule has 3 heterocycles. The number of rotatable bonds is 6. The minimum absolute atomic E-state index is 0.150. The van der Waals surface area contributed by atoms with E-state index in [1.807, 2.05) is 35.9 Å². The van der Waals surface area contributed by atoms with E-state index in [-0.39, 0.29) is 17.8 Å². The number of carbonyl (C=O) groups is 1. The molecule has 1 amide bonds. The molecule has 2 aliphatic heterocycles. The number of ether oxygens (including phenoxy) is 1. The number of amides is 1. The summed E-state index contributed by atoms with van der Waals surface area (Å²) in [5, 5.41) is 0. The van der Waals surface area contributed by atoms with Gasteiger partial charge >= 0.3 is 0 Å². The number of aryl methyl sites for hydroxylation is 1. The molecule has 0 unspecified atom stereocenters. The number of fused-ring (bicyclic) bond motifs is 1. The van der Waals surface area contributed by atoms with E-state index < -0.39 is 0 Å². The standard InChI is InChI=1S/C27H28FN5O2/c1-4-12-31-13-11-23(20-6-8-21(28)9-7-20)33-26(34)22(30-27(31)33)14-19-5-10-24(25(15-19)35-3)32-16-18(2)29-17-32/h5-10,14-17,23H,4,11-13H2,1-3H3/b22-14-/t23-/m0/s1. The summed E-state index contributed by atoms with van der Waals surface area (Å²) >= 11 is 0. The van der Waals surface area contributed by atoms with Crippen molar-refractivity contribution in [2.24, 2.45) is 4.99 Å². The number of hydrogen-bond acceptors (Lipinski definition) is 5. The number of benzene rings is 2. The first-order valence-electron chi connectivity index (χ1n) is 11.8. The third-order valence-corrected chi connectivity index (χ3v) is 6.39. The number of imidazole rings is 1. The van der Waals surface area contributed by atoms with Gasteiger partial charge in [0.15, 0.2) is 0 Å². The fourth-order valence-electron chi connectivity index (χ4n) is 4.72. The summed E-state index contributed by atoms with van der Waals surface area (Å²) in [7, 11) is 1.62. The number of aliphatic imine (C=N–C) groups is 1. The van der Waals surface area contributed by atoms with Crippen LogP contribution in [0.3, 0.4) is 0 Å². The Kier molecular flexibility index (Phi) is 6.11. The summed E-state index contributed by atoms with van der Waals surface area (Å²) in [4.78, 5) is 26.6. The van der Waals surface area contributed by atoms with Crippen molar-refractivity contribution in [2.45, 2.75) is 32.7 Å². The molecular weight excluding hydrogens is 445 g/mol. The van der Waals surface area contributed by atoms with Crippen LogP contribution in [-0.4, -0.2) is 51.4 Å². The zero-order chi connectivity index (χ0) is 24.5. The summed E-state index contributed by atoms with van der Waals surface area (Å²) < 4.78 is 21.1. The lowest BCUT2D eigenvalue weighted by Gasteiger charge is -2.40. The highest BCUT2D eigenvalue weighted by Crippen LogP contribution is 2.36. The second-order valence-corrected chi connectivity index (χ2v) is 8.81. The van der Waals surface area contributed by atoms with Crippen LogP contribution in [0.4, 0.5) is 4.39 Å². The van der Waals surface area contributed by atoms with E-state index in [0.717, 1.165) is 48.4 Å². The van der Waals surface area contributed by atoms with Gasteiger partial charge in [0.05, 0.1) is 30.9 Å². The number of aromatic nitrogens is 2. The van der Waals surface area contributed by atoms with Crippen LogP contribution in [0.1, 0.15) is 42.6 Å². The number of halogens is 1. The molecule has 3 aromatic rings. The topological polar surface area (TPSA) is 63.0 Å². The molecule has 0 aliphatic carbocycles. The van der Waals surface area contributed by atoms with Crippen LogP contribution in [0.5, 0.6) is 5.75 Å². The monoisotopic (exact) mass is 473 g/mol. The van der Waals surface area contributed by atoms with Crippen LogP contribution < -0.4 is 4.74 Å². The second kappa shape index (κ2) is 9.37. The van der Waals surface area contributed by atoms with Crippen molar-refractivity contribution in [3.05, 3.63) is 83.3 Å². The molecule has 2 aliphatic rings. The molecule has 0 saturated carbocycles. The third-order valence-electron chi connectivity index (χ3n) is 6.39. The van der Waals surface area contributed by atoms with Crippen LogP contribution in [-0.2, 0) is 4.79 Å². The van der Waals surface area contributed by atoms with Gasteiger partial charge in [-0.2, -0.15) is 0 Å². The Morgan fingerprint density at radius 2 is 2.00 bits per heavy atom. The van der Waals surface area contributed by atoms with Crippen LogP contribution in [0.2, 0.25) is 0 Å². The largest absolute Gasteiger partial charge is 0.495 e. The lowest BCUT2D eigenvalue weighted by molar-refractivity contribution is -0.125. The summed E-state index contributed by atoms with van der Waals surface area (Å²) in [6, 6.07) is 12.0. The molecule has 0 N–H and O–H groups in total. The van der Waals surface area contributed by atoms with E-state index in [0.29, 0.717) is 17.4 Å². The average molecular weight is 474 g/mol. The van der Waals surface area contributed by atoms with Gasteiger partial charge in [0.2, 0.25) is 5.96 Å². The van der Waals surface area contributed by atoms with Crippen molar-refractivity contribution in [3.63, 3.8) is 0 Å². The molecule has 7 nitrogen and oxygen atoms in total. The Morgan fingerprint density at radius 1 is 1.20 bits per heavy atom. The molecule has 0 spiro atoms. The molecule has 0 radical (unpaired) electrons. The van der Waals surface area contributed by atoms with E-state index >= 15 is 0 Å². The highest BCUT2D eigenvalue weighted by molar-refractivity contribution is 6.14. The van der Waals surface area contributed by atoms with Gasteiger partial charge in [0.1, 0.15) is 17.3 Å². The van der Waals surface area contributed by atoms with Crippen LogP contribution in [0.15, 0.2) is 65.7 Å². The maximum absolute atomic E-state index is 13.6. The zero-order valence-electron chi connectivity index (χ0n) is 20.1. The quantitative estimate of drug-likeness (QED) is 0.486. The highest BCUT2D eigenvalue weighted by Gasteiger charge is 2.42. The first-order chi connectivity index (χ1) is 17.0. The van der Waals surface area contributed by atoms with Gasteiger partial charge in [-0.05, 0) is 61.2 Å². The smallest absolute Gasteiger partial charge is 0.279 e. The van der Waals surface area contributed by atoms with E-state index in [1.54, 1.807) is 36.5 Å². The molecule has 35 heavy (non-hydrogen) atoms. The molecular formula is C27H28FN5O2. The minimum atomic E-state index is -0.289. The van der Waals surface area contributed by atoms with Gasteiger partial charge in [0.25, 0.3) is 5.91 Å². The van der Waals surface area contributed by atoms with Crippen molar-refractivity contribution >= 4 is 17.9 Å². The van der Waals surface area contributed by atoms with E-state index in [9.17, 15) is 9.18 Å². The fourth-order valence-corrected chi connectivity index (χ4v) is 4.72. The highest BCUT2D eigenvalue weighted by atomic mass is 19.1. The van der Waals surface area contributed by atoms with Crippen LogP contribution >= 0.6 is 0 Å². The summed E-state index contributed by atoms with van der Waals surface area (Å²) in [6.45, 7) is 5.65. The molecule has 8 heteroatoms. The first-order valence-corrected chi connectivity index (χ1v) is 11.8. The maximum atomic E-state index is 13.6. The molecule has 2 aromatic carbocycles. The Balaban J connectivity index is 1.50. The normalized spacial score (nSPS) is 18.7. The van der Waals surface area contributed by atoms with E-state index in [4.69, 9.17) is 9.73 Å². The number of hydrogen-bond donors (Lipinski definition) is 0. The Morgan fingerprint density at radius 3 is 2.69 bits per heavy atom. The SMILES string of the molecule is CCCN1CC[C@@H](c2ccc(F)cc2)N2C(=O)/C(=C/c3ccc(-n4cnc(C)c4)c(OC)c3)N=C12. The van der Waals surface area contributed by atoms with Crippen LogP contribution in [0.25, 0.3) is 11.8 Å². The van der Waals surface area contributed by atoms with Crippen molar-refractivity contribution < 1.29 is 13.9 Å². The molecule has 1 atom stereocenters. The Hall–Kier alpha value is -3.94. The van der Waals surface area contributed by atoms with Gasteiger partial charge in [-0.1, -0.05) is 25.1 Å². The van der Waals surface area contributed by atoms with Gasteiger partial charge in [-0.25, -0.2) is 14.4 Å². The third kappa shape index (κ3) is 4.32. The van der Waals surface area contributed by atoms with Crippen molar-refractivity contribution in [2.75, 3.05) is 20.2 Å². The van der Waals surface area contributed by atoms with E-state index in [1.165, 1.54) is 12.1 Å². The molecule has 180 valence electrons. The molecule has 1 saturated heterocycles. The molecule has 1 fully saturated rings. The maximum Gasteiger partial charge on any atom is 0.279 e. The predicted octanol–water partition coefficient (Wildman–Crippen LogP) is 4.72. The van der Waals surface area contributed by atoms with Crippen LogP contribution in [0, 0.1) is 12.7 Å². The Bertz CT molecular complexity index is 1310. The summed E-state index contributed by atoms with van der Waals surface area (Å²) in [5.74, 6) is 0.900. The number of methoxy groups -OCH3 is 1. The Labute approximate surface area is 204 Å². The summed E-state index contributed by atoms with van der Waals surface area (Å²) in [5.41, 5.74) is 3.88. The average Bonchev–Trinajstić information content (AvgIpc) is 3.44. The second-order valence-electron chi connectivity index (χ2n) is 8.81. The molecule has 5 rings (SSSR count).